The van der Waals surface area contributed by atoms with Gasteiger partial charge in [-0.1, -0.05) is 6.08 Å². The molecule has 0 aromatic carbocycles. The fourth-order valence-corrected chi connectivity index (χ4v) is 2.19. The molecule has 2 N–H and O–H groups in total. The molecule has 18 heavy (non-hydrogen) atoms. The van der Waals surface area contributed by atoms with E-state index in [1.165, 1.54) is 0 Å². The quantitative estimate of drug-likeness (QED) is 0.711. The number of carboxylic acid groups (broad SMARTS) is 1. The van der Waals surface area contributed by atoms with Crippen LogP contribution in [-0.4, -0.2) is 41.1 Å². The number of rotatable bonds is 6. The molecule has 2 unspecified atom stereocenters. The second-order valence-corrected chi connectivity index (χ2v) is 4.91. The van der Waals surface area contributed by atoms with E-state index in [1.54, 1.807) is 11.0 Å². The van der Waals surface area contributed by atoms with Gasteiger partial charge in [-0.3, -0.25) is 4.79 Å². The van der Waals surface area contributed by atoms with Gasteiger partial charge >= 0.3 is 12.0 Å². The van der Waals surface area contributed by atoms with Crippen LogP contribution < -0.4 is 5.32 Å². The first-order valence-corrected chi connectivity index (χ1v) is 6.41. The maximum Gasteiger partial charge on any atom is 0.317 e. The fraction of sp³-hybridized carbons (Fsp3) is 0.692. The Bertz CT molecular complexity index is 317. The smallest absolute Gasteiger partial charge is 0.317 e. The highest BCUT2D eigenvalue weighted by atomic mass is 16.4. The molecule has 1 aliphatic rings. The summed E-state index contributed by atoms with van der Waals surface area (Å²) in [6.07, 6.45) is 4.28. The first-order chi connectivity index (χ1) is 8.52. The Balaban J connectivity index is 2.30. The van der Waals surface area contributed by atoms with Crippen LogP contribution in [0.2, 0.25) is 0 Å². The Kier molecular flexibility index (Phi) is 5.68. The molecule has 1 aliphatic heterocycles. The molecule has 0 bridgehead atoms. The van der Waals surface area contributed by atoms with E-state index in [-0.39, 0.29) is 18.5 Å². The molecule has 5 nitrogen and oxygen atoms in total. The third-order valence-electron chi connectivity index (χ3n) is 3.23. The fourth-order valence-electron chi connectivity index (χ4n) is 2.19. The molecule has 5 heteroatoms. The van der Waals surface area contributed by atoms with Crippen LogP contribution in [0.4, 0.5) is 4.79 Å². The van der Waals surface area contributed by atoms with E-state index in [2.05, 4.69) is 11.9 Å². The number of carbonyl (C=O) groups excluding carboxylic acids is 1. The zero-order valence-corrected chi connectivity index (χ0v) is 10.9. The van der Waals surface area contributed by atoms with Crippen LogP contribution in [0.3, 0.4) is 0 Å². The van der Waals surface area contributed by atoms with Crippen molar-refractivity contribution in [2.24, 2.45) is 5.92 Å². The summed E-state index contributed by atoms with van der Waals surface area (Å²) in [7, 11) is 0. The van der Waals surface area contributed by atoms with Crippen molar-refractivity contribution in [3.63, 3.8) is 0 Å². The van der Waals surface area contributed by atoms with Gasteiger partial charge in [0.25, 0.3) is 0 Å². The molecule has 2 atom stereocenters. The van der Waals surface area contributed by atoms with Gasteiger partial charge in [-0.15, -0.1) is 6.58 Å². The number of carboxylic acids is 1. The maximum atomic E-state index is 11.9. The van der Waals surface area contributed by atoms with Crippen molar-refractivity contribution in [3.8, 4) is 0 Å². The maximum absolute atomic E-state index is 11.9. The van der Waals surface area contributed by atoms with Crippen LogP contribution >= 0.6 is 0 Å². The number of nitrogens with zero attached hydrogens (tertiary/aromatic N) is 1. The molecule has 2 amide bonds. The Morgan fingerprint density at radius 3 is 2.94 bits per heavy atom. The standard InChI is InChI=1S/C13H22N2O3/c1-3-4-10(2)14-13(18)15-8-7-11(9-15)5-6-12(16)17/h3,10-11H,1,4-9H2,2H3,(H,14,18)(H,16,17). The molecule has 0 spiro atoms. The molecule has 1 saturated heterocycles. The van der Waals surface area contributed by atoms with Crippen molar-refractivity contribution in [1.82, 2.24) is 10.2 Å². The van der Waals surface area contributed by atoms with Crippen molar-refractivity contribution in [3.05, 3.63) is 12.7 Å². The van der Waals surface area contributed by atoms with E-state index in [0.29, 0.717) is 18.9 Å². The summed E-state index contributed by atoms with van der Waals surface area (Å²) in [5, 5.41) is 11.5. The summed E-state index contributed by atoms with van der Waals surface area (Å²) in [5.41, 5.74) is 0. The molecule has 1 rings (SSSR count). The Morgan fingerprint density at radius 1 is 1.61 bits per heavy atom. The van der Waals surface area contributed by atoms with Crippen LogP contribution in [0.1, 0.15) is 32.6 Å². The van der Waals surface area contributed by atoms with Gasteiger partial charge in [-0.05, 0) is 32.1 Å². The van der Waals surface area contributed by atoms with Crippen LogP contribution in [0.15, 0.2) is 12.7 Å². The molecule has 0 radical (unpaired) electrons. The molecule has 1 heterocycles. The van der Waals surface area contributed by atoms with E-state index >= 15 is 0 Å². The molecule has 1 fully saturated rings. The average molecular weight is 254 g/mol. The topological polar surface area (TPSA) is 69.6 Å². The minimum atomic E-state index is -0.766. The third kappa shape index (κ3) is 4.77. The predicted molar refractivity (Wildman–Crippen MR) is 69.4 cm³/mol. The number of likely N-dealkylation sites (tertiary alicyclic amines) is 1. The van der Waals surface area contributed by atoms with Gasteiger partial charge in [0, 0.05) is 25.6 Å². The summed E-state index contributed by atoms with van der Waals surface area (Å²) in [5.74, 6) is -0.445. The largest absolute Gasteiger partial charge is 0.481 e. The average Bonchev–Trinajstić information content (AvgIpc) is 2.75. The number of carbonyl (C=O) groups is 2. The summed E-state index contributed by atoms with van der Waals surface area (Å²) in [6.45, 7) is 6.97. The van der Waals surface area contributed by atoms with E-state index in [9.17, 15) is 9.59 Å². The van der Waals surface area contributed by atoms with Gasteiger partial charge < -0.3 is 15.3 Å². The summed E-state index contributed by atoms with van der Waals surface area (Å²) < 4.78 is 0. The number of nitrogens with one attached hydrogen (secondary N) is 1. The number of amides is 2. The van der Waals surface area contributed by atoms with Crippen molar-refractivity contribution in [2.45, 2.75) is 38.6 Å². The van der Waals surface area contributed by atoms with Crippen molar-refractivity contribution in [2.75, 3.05) is 13.1 Å². The van der Waals surface area contributed by atoms with Gasteiger partial charge in [-0.2, -0.15) is 0 Å². The summed E-state index contributed by atoms with van der Waals surface area (Å²) in [6, 6.07) is 0.0373. The third-order valence-corrected chi connectivity index (χ3v) is 3.23. The van der Waals surface area contributed by atoms with Crippen LogP contribution in [0.5, 0.6) is 0 Å². The van der Waals surface area contributed by atoms with Crippen LogP contribution in [0, 0.1) is 5.92 Å². The lowest BCUT2D eigenvalue weighted by molar-refractivity contribution is -0.137. The zero-order chi connectivity index (χ0) is 13.5. The highest BCUT2D eigenvalue weighted by molar-refractivity contribution is 5.74. The van der Waals surface area contributed by atoms with Gasteiger partial charge in [0.05, 0.1) is 0 Å². The van der Waals surface area contributed by atoms with Gasteiger partial charge in [0.1, 0.15) is 0 Å². The van der Waals surface area contributed by atoms with Crippen molar-refractivity contribution in [1.29, 1.82) is 0 Å². The molecular formula is C13H22N2O3. The monoisotopic (exact) mass is 254 g/mol. The first kappa shape index (κ1) is 14.5. The highest BCUT2D eigenvalue weighted by Crippen LogP contribution is 2.21. The lowest BCUT2D eigenvalue weighted by Crippen LogP contribution is -2.42. The minimum Gasteiger partial charge on any atom is -0.481 e. The number of urea groups is 1. The van der Waals surface area contributed by atoms with Crippen LogP contribution in [-0.2, 0) is 4.79 Å². The molecule has 0 aromatic rings. The Hall–Kier alpha value is -1.52. The van der Waals surface area contributed by atoms with Gasteiger partial charge in [-0.25, -0.2) is 4.79 Å². The SMILES string of the molecule is C=CCC(C)NC(=O)N1CCC(CCC(=O)O)C1. The highest BCUT2D eigenvalue weighted by Gasteiger charge is 2.26. The van der Waals surface area contributed by atoms with Gasteiger partial charge in [0.15, 0.2) is 0 Å². The Labute approximate surface area is 108 Å². The Morgan fingerprint density at radius 2 is 2.33 bits per heavy atom. The first-order valence-electron chi connectivity index (χ1n) is 6.41. The van der Waals surface area contributed by atoms with E-state index in [1.807, 2.05) is 6.92 Å². The van der Waals surface area contributed by atoms with E-state index < -0.39 is 5.97 Å². The van der Waals surface area contributed by atoms with Crippen molar-refractivity contribution >= 4 is 12.0 Å². The number of hydrogen-bond donors (Lipinski definition) is 2. The van der Waals surface area contributed by atoms with E-state index in [4.69, 9.17) is 5.11 Å². The van der Waals surface area contributed by atoms with Gasteiger partial charge in [0.2, 0.25) is 0 Å². The lowest BCUT2D eigenvalue weighted by atomic mass is 10.0. The predicted octanol–water partition coefficient (Wildman–Crippen LogP) is 1.85. The van der Waals surface area contributed by atoms with Crippen molar-refractivity contribution < 1.29 is 14.7 Å². The molecule has 0 saturated carbocycles. The molecule has 0 aliphatic carbocycles. The van der Waals surface area contributed by atoms with Crippen LogP contribution in [0.25, 0.3) is 0 Å². The summed E-state index contributed by atoms with van der Waals surface area (Å²) in [4.78, 5) is 24.1. The minimum absolute atomic E-state index is 0.0535. The molecule has 102 valence electrons. The number of aliphatic carboxylic acids is 1. The number of hydrogen-bond acceptors (Lipinski definition) is 2. The second kappa shape index (κ2) is 7.03. The van der Waals surface area contributed by atoms with E-state index in [0.717, 1.165) is 19.4 Å². The lowest BCUT2D eigenvalue weighted by Gasteiger charge is -2.20. The molecule has 0 aromatic heterocycles. The molecular weight excluding hydrogens is 232 g/mol. The normalized spacial score (nSPS) is 20.5. The zero-order valence-electron chi connectivity index (χ0n) is 10.9. The summed E-state index contributed by atoms with van der Waals surface area (Å²) >= 11 is 0. The second-order valence-electron chi connectivity index (χ2n) is 4.91.